The molecule has 2 aliphatic heterocycles. The smallest absolute Gasteiger partial charge is 0.291 e. The van der Waals surface area contributed by atoms with Gasteiger partial charge < -0.3 is 14.5 Å². The second-order valence-electron chi connectivity index (χ2n) is 7.11. The van der Waals surface area contributed by atoms with Crippen LogP contribution >= 0.6 is 0 Å². The number of hydrogen-bond donors (Lipinski definition) is 2. The largest absolute Gasteiger partial charge is 0.407 e. The summed E-state index contributed by atoms with van der Waals surface area (Å²) in [6, 6.07) is 8.38. The summed E-state index contributed by atoms with van der Waals surface area (Å²) in [5.74, 6) is 0.0595. The van der Waals surface area contributed by atoms with Crippen molar-refractivity contribution >= 4 is 11.9 Å². The van der Waals surface area contributed by atoms with Crippen LogP contribution in [0.4, 0.5) is 0 Å². The van der Waals surface area contributed by atoms with Crippen LogP contribution in [0.2, 0.25) is 0 Å². The lowest BCUT2D eigenvalue weighted by atomic mass is 10.0. The molecule has 0 atom stereocenters. The van der Waals surface area contributed by atoms with Gasteiger partial charge in [-0.05, 0) is 38.4 Å². The number of likely N-dealkylation sites (N-methyl/N-ethyl adjacent to an activating group) is 1. The average molecular weight is 343 g/mol. The first-order chi connectivity index (χ1) is 12.0. The Hall–Kier alpha value is -1.92. The topological polar surface area (TPSA) is 66.7 Å². The maximum Gasteiger partial charge on any atom is 0.291 e. The van der Waals surface area contributed by atoms with Crippen molar-refractivity contribution in [1.82, 2.24) is 14.7 Å². The van der Waals surface area contributed by atoms with E-state index < -0.39 is 0 Å². The van der Waals surface area contributed by atoms with E-state index in [-0.39, 0.29) is 11.9 Å². The Morgan fingerprint density at radius 1 is 1.00 bits per heavy atom. The Labute approximate surface area is 150 Å². The molecule has 2 fully saturated rings. The molecule has 0 unspecified atom stereocenters. The molecule has 0 saturated carbocycles. The summed E-state index contributed by atoms with van der Waals surface area (Å²) in [5, 5.41) is 16.3. The van der Waals surface area contributed by atoms with Crippen LogP contribution in [0.15, 0.2) is 24.3 Å². The summed E-state index contributed by atoms with van der Waals surface area (Å²) in [6.07, 6.45) is 2.13. The fourth-order valence-electron chi connectivity index (χ4n) is 3.67. The number of piperidine rings is 1. The second kappa shape index (κ2) is 7.97. The molecule has 2 saturated heterocycles. The van der Waals surface area contributed by atoms with Crippen LogP contribution < -0.4 is 0 Å². The first kappa shape index (κ1) is 17.9. The molecule has 0 aromatic heterocycles. The second-order valence-corrected chi connectivity index (χ2v) is 7.11. The number of likely N-dealkylation sites (tertiary alicyclic amines) is 1. The number of nitrogens with one attached hydrogen (secondary N) is 2. The number of nitrogens with zero attached hydrogens (tertiary/aromatic N) is 3. The number of rotatable bonds is 2. The van der Waals surface area contributed by atoms with Gasteiger partial charge in [0.1, 0.15) is 0 Å². The molecule has 1 aromatic carbocycles. The first-order valence-corrected chi connectivity index (χ1v) is 9.13. The van der Waals surface area contributed by atoms with Gasteiger partial charge in [-0.1, -0.05) is 18.2 Å². The van der Waals surface area contributed by atoms with Gasteiger partial charge in [-0.25, -0.2) is 0 Å². The molecule has 25 heavy (non-hydrogen) atoms. The predicted octanol–water partition coefficient (Wildman–Crippen LogP) is 1.98. The summed E-state index contributed by atoms with van der Waals surface area (Å²) in [4.78, 5) is 6.93. The third-order valence-electron chi connectivity index (χ3n) is 5.39. The van der Waals surface area contributed by atoms with Crippen LogP contribution in [0.5, 0.6) is 0 Å². The van der Waals surface area contributed by atoms with Crippen molar-refractivity contribution in [3.8, 4) is 0 Å². The summed E-state index contributed by atoms with van der Waals surface area (Å²) in [7, 11) is 2.18. The van der Waals surface area contributed by atoms with Gasteiger partial charge in [0.2, 0.25) is 5.90 Å². The molecule has 0 aliphatic carbocycles. The van der Waals surface area contributed by atoms with Crippen LogP contribution in [0.25, 0.3) is 0 Å². The number of amidine groups is 1. The average Bonchev–Trinajstić information content (AvgIpc) is 2.63. The Bertz CT molecular complexity index is 616. The molecular weight excluding hydrogens is 314 g/mol. The van der Waals surface area contributed by atoms with E-state index in [4.69, 9.17) is 15.6 Å². The van der Waals surface area contributed by atoms with Crippen molar-refractivity contribution in [1.29, 1.82) is 10.8 Å². The van der Waals surface area contributed by atoms with Crippen LogP contribution in [0, 0.1) is 17.7 Å². The van der Waals surface area contributed by atoms with Crippen LogP contribution in [0.1, 0.15) is 24.0 Å². The SMILES string of the molecule is Cc1ccccc1C(=N)OC(=N)N1CCC(N2CCN(C)CC2)CC1. The highest BCUT2D eigenvalue weighted by Crippen LogP contribution is 2.19. The van der Waals surface area contributed by atoms with E-state index in [1.807, 2.05) is 36.1 Å². The summed E-state index contributed by atoms with van der Waals surface area (Å²) in [6.45, 7) is 8.20. The lowest BCUT2D eigenvalue weighted by Crippen LogP contribution is -2.53. The lowest BCUT2D eigenvalue weighted by molar-refractivity contribution is 0.0786. The van der Waals surface area contributed by atoms with E-state index in [1.54, 1.807) is 0 Å². The van der Waals surface area contributed by atoms with Crippen molar-refractivity contribution in [2.24, 2.45) is 0 Å². The van der Waals surface area contributed by atoms with Gasteiger partial charge in [-0.2, -0.15) is 0 Å². The van der Waals surface area contributed by atoms with E-state index in [9.17, 15) is 0 Å². The Morgan fingerprint density at radius 3 is 2.28 bits per heavy atom. The molecule has 3 rings (SSSR count). The summed E-state index contributed by atoms with van der Waals surface area (Å²) < 4.78 is 5.52. The summed E-state index contributed by atoms with van der Waals surface area (Å²) in [5.41, 5.74) is 1.74. The third kappa shape index (κ3) is 4.38. The number of benzene rings is 1. The zero-order valence-electron chi connectivity index (χ0n) is 15.3. The minimum absolute atomic E-state index is 0.0595. The van der Waals surface area contributed by atoms with E-state index in [2.05, 4.69) is 16.8 Å². The third-order valence-corrected chi connectivity index (χ3v) is 5.39. The van der Waals surface area contributed by atoms with Crippen LogP contribution in [-0.4, -0.2) is 79.0 Å². The van der Waals surface area contributed by atoms with Crippen molar-refractivity contribution in [2.45, 2.75) is 25.8 Å². The normalized spacial score (nSPS) is 20.5. The van der Waals surface area contributed by atoms with Gasteiger partial charge in [0.05, 0.1) is 0 Å². The highest BCUT2D eigenvalue weighted by atomic mass is 16.5. The van der Waals surface area contributed by atoms with E-state index in [1.165, 1.54) is 0 Å². The Kier molecular flexibility index (Phi) is 5.71. The first-order valence-electron chi connectivity index (χ1n) is 9.13. The van der Waals surface area contributed by atoms with Gasteiger partial charge in [-0.3, -0.25) is 15.7 Å². The molecule has 2 N–H and O–H groups in total. The fourth-order valence-corrected chi connectivity index (χ4v) is 3.67. The maximum atomic E-state index is 8.21. The summed E-state index contributed by atoms with van der Waals surface area (Å²) >= 11 is 0. The molecular formula is C19H29N5O. The van der Waals surface area contributed by atoms with Crippen molar-refractivity contribution in [3.63, 3.8) is 0 Å². The number of aryl methyl sites for hydroxylation is 1. The van der Waals surface area contributed by atoms with Gasteiger partial charge >= 0.3 is 0 Å². The highest BCUT2D eigenvalue weighted by molar-refractivity contribution is 5.99. The van der Waals surface area contributed by atoms with Crippen molar-refractivity contribution in [2.75, 3.05) is 46.3 Å². The number of ether oxygens (including phenoxy) is 1. The minimum atomic E-state index is 0.0595. The van der Waals surface area contributed by atoms with E-state index in [0.29, 0.717) is 6.04 Å². The number of piperazine rings is 1. The van der Waals surface area contributed by atoms with Crippen LogP contribution in [0.3, 0.4) is 0 Å². The van der Waals surface area contributed by atoms with Gasteiger partial charge in [0, 0.05) is 50.9 Å². The Balaban J connectivity index is 1.48. The van der Waals surface area contributed by atoms with Gasteiger partial charge in [0.15, 0.2) is 0 Å². The number of hydrogen-bond acceptors (Lipinski definition) is 5. The molecule has 6 nitrogen and oxygen atoms in total. The minimum Gasteiger partial charge on any atom is -0.407 e. The standard InChI is InChI=1S/C19H29N5O/c1-15-5-3-4-6-17(15)18(20)25-19(21)24-9-7-16(8-10-24)23-13-11-22(2)12-14-23/h3-6,16,20-21H,7-14H2,1-2H3. The zero-order chi connectivity index (χ0) is 17.8. The molecule has 1 aromatic rings. The molecule has 0 bridgehead atoms. The zero-order valence-corrected chi connectivity index (χ0v) is 15.3. The Morgan fingerprint density at radius 2 is 1.64 bits per heavy atom. The van der Waals surface area contributed by atoms with E-state index >= 15 is 0 Å². The van der Waals surface area contributed by atoms with E-state index in [0.717, 1.165) is 63.2 Å². The quantitative estimate of drug-likeness (QED) is 0.637. The molecule has 0 spiro atoms. The van der Waals surface area contributed by atoms with Crippen LogP contribution in [-0.2, 0) is 4.74 Å². The monoisotopic (exact) mass is 343 g/mol. The van der Waals surface area contributed by atoms with Crippen molar-refractivity contribution in [3.05, 3.63) is 35.4 Å². The maximum absolute atomic E-state index is 8.21. The fraction of sp³-hybridized carbons (Fsp3) is 0.579. The lowest BCUT2D eigenvalue weighted by Gasteiger charge is -2.42. The van der Waals surface area contributed by atoms with Gasteiger partial charge in [0.25, 0.3) is 6.02 Å². The van der Waals surface area contributed by atoms with Crippen molar-refractivity contribution < 1.29 is 4.74 Å². The molecule has 0 amide bonds. The molecule has 2 heterocycles. The molecule has 6 heteroatoms. The predicted molar refractivity (Wildman–Crippen MR) is 100 cm³/mol. The highest BCUT2D eigenvalue weighted by Gasteiger charge is 2.28. The molecule has 136 valence electrons. The van der Waals surface area contributed by atoms with Gasteiger partial charge in [-0.15, -0.1) is 0 Å². The molecule has 0 radical (unpaired) electrons. The molecule has 2 aliphatic rings.